The number of hydrogen-bond acceptors (Lipinski definition) is 4. The second kappa shape index (κ2) is 8.17. The van der Waals surface area contributed by atoms with E-state index in [4.69, 9.17) is 4.74 Å². The summed E-state index contributed by atoms with van der Waals surface area (Å²) in [4.78, 5) is 0. The van der Waals surface area contributed by atoms with Crippen LogP contribution in [0.4, 0.5) is 0 Å². The lowest BCUT2D eigenvalue weighted by Gasteiger charge is -2.15. The summed E-state index contributed by atoms with van der Waals surface area (Å²) in [6.07, 6.45) is 0.677. The van der Waals surface area contributed by atoms with Crippen molar-refractivity contribution in [2.45, 2.75) is 6.42 Å². The maximum atomic E-state index is 10.3. The SMILES string of the molecule is COCCNCCc1c(Br)c(O)cc(O)c1-c1ccccc1. The molecule has 0 atom stereocenters. The third-order valence-corrected chi connectivity index (χ3v) is 4.30. The fourth-order valence-electron chi connectivity index (χ4n) is 2.36. The summed E-state index contributed by atoms with van der Waals surface area (Å²) in [5.41, 5.74) is 2.56. The van der Waals surface area contributed by atoms with Gasteiger partial charge in [0.05, 0.1) is 11.1 Å². The smallest absolute Gasteiger partial charge is 0.133 e. The van der Waals surface area contributed by atoms with Crippen LogP contribution in [0.15, 0.2) is 40.9 Å². The highest BCUT2D eigenvalue weighted by atomic mass is 79.9. The molecule has 4 nitrogen and oxygen atoms in total. The van der Waals surface area contributed by atoms with Crippen LogP contribution in [0.1, 0.15) is 5.56 Å². The number of benzene rings is 2. The molecule has 0 aliphatic rings. The Balaban J connectivity index is 2.30. The minimum absolute atomic E-state index is 0.0454. The average molecular weight is 366 g/mol. The molecule has 2 aromatic carbocycles. The number of methoxy groups -OCH3 is 1. The van der Waals surface area contributed by atoms with E-state index >= 15 is 0 Å². The van der Waals surface area contributed by atoms with Gasteiger partial charge in [0.25, 0.3) is 0 Å². The molecule has 0 amide bonds. The lowest BCUT2D eigenvalue weighted by Crippen LogP contribution is -2.22. The van der Waals surface area contributed by atoms with Gasteiger partial charge in [-0.1, -0.05) is 30.3 Å². The normalized spacial score (nSPS) is 10.8. The molecular weight excluding hydrogens is 346 g/mol. The lowest BCUT2D eigenvalue weighted by atomic mass is 9.96. The summed E-state index contributed by atoms with van der Waals surface area (Å²) in [7, 11) is 1.67. The fourth-order valence-corrected chi connectivity index (χ4v) is 2.87. The van der Waals surface area contributed by atoms with Crippen molar-refractivity contribution in [2.24, 2.45) is 0 Å². The predicted molar refractivity (Wildman–Crippen MR) is 91.4 cm³/mol. The van der Waals surface area contributed by atoms with E-state index in [2.05, 4.69) is 21.2 Å². The summed E-state index contributed by atoms with van der Waals surface area (Å²) in [5, 5.41) is 23.5. The number of halogens is 1. The van der Waals surface area contributed by atoms with E-state index in [9.17, 15) is 10.2 Å². The molecule has 0 aromatic heterocycles. The Hall–Kier alpha value is -1.56. The van der Waals surface area contributed by atoms with E-state index in [1.807, 2.05) is 30.3 Å². The van der Waals surface area contributed by atoms with E-state index in [1.165, 1.54) is 6.07 Å². The first kappa shape index (κ1) is 16.8. The molecule has 0 aliphatic heterocycles. The van der Waals surface area contributed by atoms with Crippen molar-refractivity contribution < 1.29 is 14.9 Å². The molecule has 0 unspecified atom stereocenters. The number of phenolic OH excluding ortho intramolecular Hbond substituents is 2. The quantitative estimate of drug-likeness (QED) is 0.658. The zero-order valence-corrected chi connectivity index (χ0v) is 14.1. The van der Waals surface area contributed by atoms with Crippen LogP contribution in [0.3, 0.4) is 0 Å². The van der Waals surface area contributed by atoms with Crippen LogP contribution in [-0.2, 0) is 11.2 Å². The van der Waals surface area contributed by atoms with Crippen molar-refractivity contribution in [1.82, 2.24) is 5.32 Å². The largest absolute Gasteiger partial charge is 0.507 e. The predicted octanol–water partition coefficient (Wildman–Crippen LogP) is 3.31. The molecule has 0 saturated heterocycles. The molecule has 0 radical (unpaired) electrons. The molecule has 0 heterocycles. The average Bonchev–Trinajstić information content (AvgIpc) is 2.52. The van der Waals surface area contributed by atoms with Crippen LogP contribution >= 0.6 is 15.9 Å². The Morgan fingerprint density at radius 1 is 1.09 bits per heavy atom. The third-order valence-electron chi connectivity index (χ3n) is 3.42. The zero-order valence-electron chi connectivity index (χ0n) is 12.5. The van der Waals surface area contributed by atoms with Crippen molar-refractivity contribution >= 4 is 15.9 Å². The summed E-state index contributed by atoms with van der Waals surface area (Å²) in [6, 6.07) is 11.0. The van der Waals surface area contributed by atoms with E-state index in [-0.39, 0.29) is 11.5 Å². The van der Waals surface area contributed by atoms with Crippen molar-refractivity contribution in [3.8, 4) is 22.6 Å². The van der Waals surface area contributed by atoms with Crippen LogP contribution < -0.4 is 5.32 Å². The van der Waals surface area contributed by atoms with Crippen LogP contribution in [-0.4, -0.2) is 37.0 Å². The molecule has 118 valence electrons. The number of rotatable bonds is 7. The van der Waals surface area contributed by atoms with Crippen LogP contribution in [0.2, 0.25) is 0 Å². The van der Waals surface area contributed by atoms with Gasteiger partial charge in [-0.05, 0) is 40.0 Å². The Bertz CT molecular complexity index is 617. The van der Waals surface area contributed by atoms with Gasteiger partial charge in [-0.25, -0.2) is 0 Å². The zero-order chi connectivity index (χ0) is 15.9. The monoisotopic (exact) mass is 365 g/mol. The molecule has 0 bridgehead atoms. The molecule has 0 fully saturated rings. The maximum Gasteiger partial charge on any atom is 0.133 e. The molecule has 2 aromatic rings. The van der Waals surface area contributed by atoms with Crippen molar-refractivity contribution in [3.63, 3.8) is 0 Å². The van der Waals surface area contributed by atoms with Gasteiger partial charge in [0, 0.05) is 25.3 Å². The van der Waals surface area contributed by atoms with Crippen LogP contribution in [0, 0.1) is 0 Å². The molecule has 0 aliphatic carbocycles. The fraction of sp³-hybridized carbons (Fsp3) is 0.294. The second-order valence-corrected chi connectivity index (χ2v) is 5.73. The topological polar surface area (TPSA) is 61.7 Å². The summed E-state index contributed by atoms with van der Waals surface area (Å²) in [6.45, 7) is 2.14. The van der Waals surface area contributed by atoms with Crippen LogP contribution in [0.25, 0.3) is 11.1 Å². The minimum atomic E-state index is 0.0454. The summed E-state index contributed by atoms with van der Waals surface area (Å²) >= 11 is 3.43. The summed E-state index contributed by atoms with van der Waals surface area (Å²) < 4.78 is 5.62. The van der Waals surface area contributed by atoms with E-state index in [0.717, 1.165) is 29.8 Å². The second-order valence-electron chi connectivity index (χ2n) is 4.94. The van der Waals surface area contributed by atoms with E-state index in [0.29, 0.717) is 17.5 Å². The molecule has 3 N–H and O–H groups in total. The molecular formula is C17H20BrNO3. The van der Waals surface area contributed by atoms with Crippen molar-refractivity contribution in [1.29, 1.82) is 0 Å². The van der Waals surface area contributed by atoms with Gasteiger partial charge in [-0.3, -0.25) is 0 Å². The van der Waals surface area contributed by atoms with Gasteiger partial charge in [0.1, 0.15) is 11.5 Å². The maximum absolute atomic E-state index is 10.3. The van der Waals surface area contributed by atoms with Gasteiger partial charge < -0.3 is 20.3 Å². The highest BCUT2D eigenvalue weighted by Crippen LogP contribution is 2.42. The molecule has 5 heteroatoms. The number of nitrogens with one attached hydrogen (secondary N) is 1. The highest BCUT2D eigenvalue weighted by molar-refractivity contribution is 9.10. The Labute approximate surface area is 138 Å². The summed E-state index contributed by atoms with van der Waals surface area (Å²) in [5.74, 6) is 0.128. The highest BCUT2D eigenvalue weighted by Gasteiger charge is 2.17. The molecule has 0 spiro atoms. The number of phenols is 2. The first-order valence-corrected chi connectivity index (χ1v) is 7.92. The van der Waals surface area contributed by atoms with Gasteiger partial charge in [-0.15, -0.1) is 0 Å². The Morgan fingerprint density at radius 2 is 1.82 bits per heavy atom. The van der Waals surface area contributed by atoms with Gasteiger partial charge in [-0.2, -0.15) is 0 Å². The van der Waals surface area contributed by atoms with Crippen molar-refractivity contribution in [3.05, 3.63) is 46.4 Å². The number of hydrogen-bond donors (Lipinski definition) is 3. The van der Waals surface area contributed by atoms with Crippen LogP contribution in [0.5, 0.6) is 11.5 Å². The Kier molecular flexibility index (Phi) is 6.24. The molecule has 0 saturated carbocycles. The van der Waals surface area contributed by atoms with Gasteiger partial charge >= 0.3 is 0 Å². The third kappa shape index (κ3) is 4.00. The molecule has 22 heavy (non-hydrogen) atoms. The van der Waals surface area contributed by atoms with E-state index < -0.39 is 0 Å². The number of ether oxygens (including phenoxy) is 1. The Morgan fingerprint density at radius 3 is 2.50 bits per heavy atom. The minimum Gasteiger partial charge on any atom is -0.507 e. The van der Waals surface area contributed by atoms with E-state index in [1.54, 1.807) is 7.11 Å². The van der Waals surface area contributed by atoms with Gasteiger partial charge in [0.15, 0.2) is 0 Å². The van der Waals surface area contributed by atoms with Gasteiger partial charge in [0.2, 0.25) is 0 Å². The van der Waals surface area contributed by atoms with Crippen molar-refractivity contribution in [2.75, 3.05) is 26.8 Å². The lowest BCUT2D eigenvalue weighted by molar-refractivity contribution is 0.199. The first-order chi connectivity index (χ1) is 10.6. The standard InChI is InChI=1S/C17H20BrNO3/c1-22-10-9-19-8-7-13-16(12-5-3-2-4-6-12)14(20)11-15(21)17(13)18/h2-6,11,19-21H,7-10H2,1H3. The number of aromatic hydroxyl groups is 2. The first-order valence-electron chi connectivity index (χ1n) is 7.13. The molecule has 2 rings (SSSR count).